The lowest BCUT2D eigenvalue weighted by atomic mass is 9.84. The molecule has 1 amide bonds. The second-order valence-corrected chi connectivity index (χ2v) is 6.89. The minimum absolute atomic E-state index is 0.0114. The molecule has 1 aromatic heterocycles. The third kappa shape index (κ3) is 3.60. The summed E-state index contributed by atoms with van der Waals surface area (Å²) < 4.78 is 2.02. The van der Waals surface area contributed by atoms with Gasteiger partial charge < -0.3 is 15.2 Å². The highest BCUT2D eigenvalue weighted by Gasteiger charge is 2.32. The van der Waals surface area contributed by atoms with Crippen LogP contribution >= 0.6 is 0 Å². The summed E-state index contributed by atoms with van der Waals surface area (Å²) in [4.78, 5) is 16.5. The van der Waals surface area contributed by atoms with Crippen molar-refractivity contribution < 1.29 is 4.79 Å². The van der Waals surface area contributed by atoms with Gasteiger partial charge in [-0.2, -0.15) is 0 Å². The first-order valence-electron chi connectivity index (χ1n) is 7.35. The van der Waals surface area contributed by atoms with Crippen LogP contribution in [0.3, 0.4) is 0 Å². The predicted molar refractivity (Wildman–Crippen MR) is 79.1 cm³/mol. The quantitative estimate of drug-likeness (QED) is 0.853. The van der Waals surface area contributed by atoms with Gasteiger partial charge in [0.05, 0.1) is 12.4 Å². The van der Waals surface area contributed by atoms with Crippen LogP contribution in [0.15, 0.2) is 18.7 Å². The van der Waals surface area contributed by atoms with Gasteiger partial charge in [-0.1, -0.05) is 27.7 Å². The molecule has 1 aliphatic heterocycles. The zero-order valence-corrected chi connectivity index (χ0v) is 12.9. The molecule has 2 unspecified atom stereocenters. The maximum absolute atomic E-state index is 12.4. The molecule has 5 nitrogen and oxygen atoms in total. The number of hydrogen-bond acceptors (Lipinski definition) is 3. The number of imidazole rings is 1. The van der Waals surface area contributed by atoms with Crippen LogP contribution in [0.1, 0.15) is 27.7 Å². The number of aromatic nitrogens is 2. The minimum atomic E-state index is 0.0114. The molecule has 2 N–H and O–H groups in total. The average Bonchev–Trinajstić information content (AvgIpc) is 2.77. The fraction of sp³-hybridized carbons (Fsp3) is 0.733. The summed E-state index contributed by atoms with van der Waals surface area (Å²) in [6, 6.07) is 0.0969. The number of carbonyl (C=O) groups excluding carboxylic acids is 1. The smallest absolute Gasteiger partial charge is 0.223 e. The molecule has 2 atom stereocenters. The molecular weight excluding hydrogens is 252 g/mol. The summed E-state index contributed by atoms with van der Waals surface area (Å²) in [7, 11) is 0. The van der Waals surface area contributed by atoms with Gasteiger partial charge in [0.25, 0.3) is 0 Å². The topological polar surface area (TPSA) is 59.0 Å². The molecule has 0 aromatic carbocycles. The Labute approximate surface area is 121 Å². The number of rotatable bonds is 5. The largest absolute Gasteiger partial charge is 0.351 e. The SMILES string of the molecule is CC(C(=O)NC(Cn1ccnc1)C(C)(C)C)C1CNC1. The van der Waals surface area contributed by atoms with Gasteiger partial charge >= 0.3 is 0 Å². The molecule has 0 radical (unpaired) electrons. The molecule has 5 heteroatoms. The molecular formula is C15H26N4O. The van der Waals surface area contributed by atoms with Crippen molar-refractivity contribution in [2.45, 2.75) is 40.3 Å². The van der Waals surface area contributed by atoms with E-state index >= 15 is 0 Å². The first-order chi connectivity index (χ1) is 9.38. The van der Waals surface area contributed by atoms with E-state index in [9.17, 15) is 4.79 Å². The standard InChI is InChI=1S/C15H26N4O/c1-11(12-7-17-8-12)14(20)18-13(15(2,3)4)9-19-6-5-16-10-19/h5-6,10-13,17H,7-9H2,1-4H3,(H,18,20). The van der Waals surface area contributed by atoms with Crippen molar-refractivity contribution in [2.75, 3.05) is 13.1 Å². The van der Waals surface area contributed by atoms with Crippen molar-refractivity contribution in [3.63, 3.8) is 0 Å². The highest BCUT2D eigenvalue weighted by Crippen LogP contribution is 2.23. The third-order valence-electron chi connectivity index (χ3n) is 4.25. The van der Waals surface area contributed by atoms with Crippen LogP contribution in [0.4, 0.5) is 0 Å². The molecule has 112 valence electrons. The fourth-order valence-corrected chi connectivity index (χ4v) is 2.32. The molecule has 0 spiro atoms. The molecule has 0 aliphatic carbocycles. The van der Waals surface area contributed by atoms with E-state index in [1.54, 1.807) is 12.5 Å². The lowest BCUT2D eigenvalue weighted by molar-refractivity contribution is -0.128. The zero-order chi connectivity index (χ0) is 14.8. The molecule has 1 aliphatic rings. The normalized spacial score (nSPS) is 19.2. The van der Waals surface area contributed by atoms with Gasteiger partial charge in [-0.3, -0.25) is 4.79 Å². The van der Waals surface area contributed by atoms with Gasteiger partial charge in [-0.25, -0.2) is 4.98 Å². The summed E-state index contributed by atoms with van der Waals surface area (Å²) >= 11 is 0. The highest BCUT2D eigenvalue weighted by atomic mass is 16.2. The first-order valence-corrected chi connectivity index (χ1v) is 7.35. The predicted octanol–water partition coefficient (Wildman–Crippen LogP) is 1.27. The number of amides is 1. The van der Waals surface area contributed by atoms with Crippen LogP contribution in [0, 0.1) is 17.3 Å². The van der Waals surface area contributed by atoms with Crippen molar-refractivity contribution in [1.82, 2.24) is 20.2 Å². The summed E-state index contributed by atoms with van der Waals surface area (Å²) in [5.41, 5.74) is 0.0114. The Bertz CT molecular complexity index is 431. The Kier molecular flexibility index (Phi) is 4.48. The molecule has 1 fully saturated rings. The van der Waals surface area contributed by atoms with E-state index in [1.165, 1.54) is 0 Å². The number of carbonyl (C=O) groups is 1. The number of hydrogen-bond donors (Lipinski definition) is 2. The van der Waals surface area contributed by atoms with E-state index in [0.29, 0.717) is 5.92 Å². The van der Waals surface area contributed by atoms with Crippen LogP contribution in [-0.2, 0) is 11.3 Å². The number of nitrogens with zero attached hydrogens (tertiary/aromatic N) is 2. The maximum Gasteiger partial charge on any atom is 0.223 e. The lowest BCUT2D eigenvalue weighted by Crippen LogP contribution is -2.53. The summed E-state index contributed by atoms with van der Waals surface area (Å²) in [5, 5.41) is 6.45. The van der Waals surface area contributed by atoms with Gasteiger partial charge in [-0.15, -0.1) is 0 Å². The van der Waals surface area contributed by atoms with Crippen LogP contribution in [0.5, 0.6) is 0 Å². The van der Waals surface area contributed by atoms with Crippen molar-refractivity contribution in [1.29, 1.82) is 0 Å². The van der Waals surface area contributed by atoms with E-state index in [2.05, 4.69) is 36.4 Å². The van der Waals surface area contributed by atoms with E-state index in [4.69, 9.17) is 0 Å². The molecule has 1 saturated heterocycles. The summed E-state index contributed by atoms with van der Waals surface area (Å²) in [6.45, 7) is 11.2. The molecule has 1 aromatic rings. The molecule has 2 rings (SSSR count). The van der Waals surface area contributed by atoms with Gasteiger partial charge in [-0.05, 0) is 24.4 Å². The van der Waals surface area contributed by atoms with Crippen molar-refractivity contribution in [2.24, 2.45) is 17.3 Å². The summed E-state index contributed by atoms with van der Waals surface area (Å²) in [5.74, 6) is 0.712. The Balaban J connectivity index is 1.98. The van der Waals surface area contributed by atoms with E-state index < -0.39 is 0 Å². The molecule has 2 heterocycles. The Morgan fingerprint density at radius 2 is 2.20 bits per heavy atom. The molecule has 0 bridgehead atoms. The second-order valence-electron chi connectivity index (χ2n) is 6.89. The summed E-state index contributed by atoms with van der Waals surface area (Å²) in [6.07, 6.45) is 5.50. The third-order valence-corrected chi connectivity index (χ3v) is 4.25. The average molecular weight is 278 g/mol. The van der Waals surface area contributed by atoms with Gasteiger partial charge in [0.15, 0.2) is 0 Å². The van der Waals surface area contributed by atoms with E-state index in [1.807, 2.05) is 17.7 Å². The van der Waals surface area contributed by atoms with Gasteiger partial charge in [0, 0.05) is 24.9 Å². The van der Waals surface area contributed by atoms with Crippen LogP contribution in [0.25, 0.3) is 0 Å². The van der Waals surface area contributed by atoms with Crippen LogP contribution in [0.2, 0.25) is 0 Å². The Morgan fingerprint density at radius 3 is 2.65 bits per heavy atom. The zero-order valence-electron chi connectivity index (χ0n) is 12.9. The highest BCUT2D eigenvalue weighted by molar-refractivity contribution is 5.79. The number of nitrogens with one attached hydrogen (secondary N) is 2. The van der Waals surface area contributed by atoms with Gasteiger partial charge in [0.2, 0.25) is 5.91 Å². The monoisotopic (exact) mass is 278 g/mol. The van der Waals surface area contributed by atoms with Crippen molar-refractivity contribution in [3.8, 4) is 0 Å². The molecule has 0 saturated carbocycles. The Hall–Kier alpha value is -1.36. The Morgan fingerprint density at radius 1 is 1.50 bits per heavy atom. The fourth-order valence-electron chi connectivity index (χ4n) is 2.32. The van der Waals surface area contributed by atoms with E-state index in [0.717, 1.165) is 19.6 Å². The van der Waals surface area contributed by atoms with Gasteiger partial charge in [0.1, 0.15) is 0 Å². The lowest BCUT2D eigenvalue weighted by Gasteiger charge is -2.36. The van der Waals surface area contributed by atoms with E-state index in [-0.39, 0.29) is 23.3 Å². The van der Waals surface area contributed by atoms with Crippen molar-refractivity contribution >= 4 is 5.91 Å². The minimum Gasteiger partial charge on any atom is -0.351 e. The van der Waals surface area contributed by atoms with Crippen molar-refractivity contribution in [3.05, 3.63) is 18.7 Å². The first kappa shape index (κ1) is 15.0. The van der Waals surface area contributed by atoms with Crippen LogP contribution < -0.4 is 10.6 Å². The second kappa shape index (κ2) is 5.95. The maximum atomic E-state index is 12.4. The van der Waals surface area contributed by atoms with Crippen LogP contribution in [-0.4, -0.2) is 34.6 Å². The molecule has 20 heavy (non-hydrogen) atoms.